The maximum atomic E-state index is 12.4. The van der Waals surface area contributed by atoms with Crippen molar-refractivity contribution in [2.75, 3.05) is 19.6 Å². The minimum Gasteiger partial charge on any atom is -0.391 e. The number of benzene rings is 1. The first kappa shape index (κ1) is 16.9. The summed E-state index contributed by atoms with van der Waals surface area (Å²) in [6, 6.07) is 5.11. The summed E-state index contributed by atoms with van der Waals surface area (Å²) in [5.41, 5.74) is 3.73. The number of hydrogen-bond acceptors (Lipinski definition) is 4. The molecule has 0 aromatic heterocycles. The molecule has 6 heteroatoms. The molecule has 0 bridgehead atoms. The molecule has 2 saturated heterocycles. The molecule has 1 aromatic rings. The van der Waals surface area contributed by atoms with Crippen LogP contribution in [-0.4, -0.2) is 64.5 Å². The molecule has 3 atom stereocenters. The predicted molar refractivity (Wildman–Crippen MR) is 90.3 cm³/mol. The lowest BCUT2D eigenvalue weighted by molar-refractivity contribution is -0.156. The Labute approximate surface area is 142 Å². The SMILES string of the molecule is Cc1ccc(CN2CCN3C(=O)[C@@H]([C@H](C)O)NC(=O)[C@H]3C2)c(C)c1. The Morgan fingerprint density at radius 2 is 2.04 bits per heavy atom. The van der Waals surface area contributed by atoms with E-state index >= 15 is 0 Å². The first-order valence-corrected chi connectivity index (χ1v) is 8.44. The second-order valence-electron chi connectivity index (χ2n) is 6.94. The van der Waals surface area contributed by atoms with Gasteiger partial charge in [-0.15, -0.1) is 0 Å². The Kier molecular flexibility index (Phi) is 4.60. The zero-order valence-electron chi connectivity index (χ0n) is 14.5. The average Bonchev–Trinajstić information content (AvgIpc) is 2.53. The number of nitrogens with one attached hydrogen (secondary N) is 1. The van der Waals surface area contributed by atoms with E-state index in [1.165, 1.54) is 23.6 Å². The quantitative estimate of drug-likeness (QED) is 0.830. The largest absolute Gasteiger partial charge is 0.391 e. The van der Waals surface area contributed by atoms with Crippen LogP contribution in [0.25, 0.3) is 0 Å². The molecular weight excluding hydrogens is 306 g/mol. The van der Waals surface area contributed by atoms with Gasteiger partial charge >= 0.3 is 0 Å². The van der Waals surface area contributed by atoms with Crippen molar-refractivity contribution in [2.45, 2.75) is 45.5 Å². The minimum atomic E-state index is -0.879. The Morgan fingerprint density at radius 1 is 1.29 bits per heavy atom. The van der Waals surface area contributed by atoms with Crippen LogP contribution in [-0.2, 0) is 16.1 Å². The lowest BCUT2D eigenvalue weighted by atomic mass is 10.00. The number of nitrogens with zero attached hydrogens (tertiary/aromatic N) is 2. The fourth-order valence-electron chi connectivity index (χ4n) is 3.55. The topological polar surface area (TPSA) is 72.9 Å². The molecule has 0 aliphatic carbocycles. The van der Waals surface area contributed by atoms with Crippen LogP contribution in [0.2, 0.25) is 0 Å². The molecule has 3 rings (SSSR count). The highest BCUT2D eigenvalue weighted by molar-refractivity contribution is 5.97. The second-order valence-corrected chi connectivity index (χ2v) is 6.94. The molecule has 2 amide bonds. The van der Waals surface area contributed by atoms with Crippen molar-refractivity contribution in [3.8, 4) is 0 Å². The Morgan fingerprint density at radius 3 is 2.71 bits per heavy atom. The predicted octanol–water partition coefficient (Wildman–Crippen LogP) is 0.195. The third kappa shape index (κ3) is 3.16. The first-order chi connectivity index (χ1) is 11.4. The number of aliphatic hydroxyl groups excluding tert-OH is 1. The van der Waals surface area contributed by atoms with E-state index in [0.29, 0.717) is 13.1 Å². The van der Waals surface area contributed by atoms with Crippen molar-refractivity contribution >= 4 is 11.8 Å². The van der Waals surface area contributed by atoms with Crippen molar-refractivity contribution < 1.29 is 14.7 Å². The number of carbonyl (C=O) groups excluding carboxylic acids is 2. The number of aryl methyl sites for hydroxylation is 2. The number of rotatable bonds is 3. The highest BCUT2D eigenvalue weighted by Crippen LogP contribution is 2.20. The van der Waals surface area contributed by atoms with Gasteiger partial charge in [-0.1, -0.05) is 23.8 Å². The third-order valence-corrected chi connectivity index (χ3v) is 4.99. The standard InChI is InChI=1S/C18H25N3O3/c1-11-4-5-14(12(2)8-11)9-20-6-7-21-15(10-20)17(23)19-16(13(3)22)18(21)24/h4-5,8,13,15-16,22H,6-7,9-10H2,1-3H3,(H,19,23)/t13-,15+,16+/m0/s1. The van der Waals surface area contributed by atoms with Crippen molar-refractivity contribution in [2.24, 2.45) is 0 Å². The molecule has 0 unspecified atom stereocenters. The maximum absolute atomic E-state index is 12.4. The summed E-state index contributed by atoms with van der Waals surface area (Å²) in [6.07, 6.45) is -0.879. The van der Waals surface area contributed by atoms with Crippen molar-refractivity contribution in [1.29, 1.82) is 0 Å². The van der Waals surface area contributed by atoms with Crippen LogP contribution in [0.3, 0.4) is 0 Å². The molecule has 2 fully saturated rings. The van der Waals surface area contributed by atoms with Gasteiger partial charge in [0.25, 0.3) is 0 Å². The molecule has 2 aliphatic rings. The number of fused-ring (bicyclic) bond motifs is 1. The number of piperazine rings is 2. The molecule has 2 heterocycles. The highest BCUT2D eigenvalue weighted by Gasteiger charge is 2.44. The molecular formula is C18H25N3O3. The monoisotopic (exact) mass is 331 g/mol. The van der Waals surface area contributed by atoms with Gasteiger partial charge in [-0.2, -0.15) is 0 Å². The molecule has 0 saturated carbocycles. The summed E-state index contributed by atoms with van der Waals surface area (Å²) in [6.45, 7) is 8.25. The lowest BCUT2D eigenvalue weighted by Crippen LogP contribution is -2.70. The molecule has 1 aromatic carbocycles. The number of aliphatic hydroxyl groups is 1. The summed E-state index contributed by atoms with van der Waals surface area (Å²) >= 11 is 0. The van der Waals surface area contributed by atoms with Gasteiger partial charge in [-0.3, -0.25) is 14.5 Å². The van der Waals surface area contributed by atoms with Gasteiger partial charge in [-0.25, -0.2) is 0 Å². The van der Waals surface area contributed by atoms with Crippen LogP contribution >= 0.6 is 0 Å². The second kappa shape index (κ2) is 6.53. The van der Waals surface area contributed by atoms with E-state index in [0.717, 1.165) is 13.1 Å². The summed E-state index contributed by atoms with van der Waals surface area (Å²) in [5, 5.41) is 12.3. The molecule has 24 heavy (non-hydrogen) atoms. The van der Waals surface area contributed by atoms with Gasteiger partial charge in [0.15, 0.2) is 0 Å². The van der Waals surface area contributed by atoms with Crippen molar-refractivity contribution in [3.63, 3.8) is 0 Å². The van der Waals surface area contributed by atoms with Crippen LogP contribution in [0.1, 0.15) is 23.6 Å². The van der Waals surface area contributed by atoms with Gasteiger partial charge in [0, 0.05) is 26.2 Å². The number of carbonyl (C=O) groups is 2. The fourth-order valence-corrected chi connectivity index (χ4v) is 3.55. The molecule has 2 N–H and O–H groups in total. The van der Waals surface area contributed by atoms with Gasteiger partial charge in [-0.05, 0) is 31.9 Å². The normalized spacial score (nSPS) is 26.1. The van der Waals surface area contributed by atoms with E-state index in [-0.39, 0.29) is 11.8 Å². The average molecular weight is 331 g/mol. The van der Waals surface area contributed by atoms with E-state index in [1.54, 1.807) is 4.90 Å². The van der Waals surface area contributed by atoms with E-state index in [9.17, 15) is 14.7 Å². The first-order valence-electron chi connectivity index (χ1n) is 8.44. The van der Waals surface area contributed by atoms with E-state index in [2.05, 4.69) is 42.3 Å². The highest BCUT2D eigenvalue weighted by atomic mass is 16.3. The summed E-state index contributed by atoms with van der Waals surface area (Å²) < 4.78 is 0. The summed E-state index contributed by atoms with van der Waals surface area (Å²) in [7, 11) is 0. The van der Waals surface area contributed by atoms with Gasteiger partial charge < -0.3 is 15.3 Å². The molecule has 0 spiro atoms. The number of amides is 2. The molecule has 0 radical (unpaired) electrons. The third-order valence-electron chi connectivity index (χ3n) is 4.99. The Bertz CT molecular complexity index is 659. The zero-order chi connectivity index (χ0) is 17.4. The lowest BCUT2D eigenvalue weighted by Gasteiger charge is -2.45. The molecule has 2 aliphatic heterocycles. The molecule has 6 nitrogen and oxygen atoms in total. The van der Waals surface area contributed by atoms with E-state index < -0.39 is 18.2 Å². The maximum Gasteiger partial charge on any atom is 0.248 e. The van der Waals surface area contributed by atoms with E-state index in [1.807, 2.05) is 0 Å². The summed E-state index contributed by atoms with van der Waals surface area (Å²) in [5.74, 6) is -0.355. The van der Waals surface area contributed by atoms with Crippen molar-refractivity contribution in [3.05, 3.63) is 34.9 Å². The van der Waals surface area contributed by atoms with Crippen LogP contribution in [0.15, 0.2) is 18.2 Å². The summed E-state index contributed by atoms with van der Waals surface area (Å²) in [4.78, 5) is 28.6. The van der Waals surface area contributed by atoms with Crippen molar-refractivity contribution in [1.82, 2.24) is 15.1 Å². The molecule has 130 valence electrons. The van der Waals surface area contributed by atoms with Gasteiger partial charge in [0.1, 0.15) is 12.1 Å². The smallest absolute Gasteiger partial charge is 0.248 e. The zero-order valence-corrected chi connectivity index (χ0v) is 14.5. The van der Waals surface area contributed by atoms with Crippen LogP contribution < -0.4 is 5.32 Å². The fraction of sp³-hybridized carbons (Fsp3) is 0.556. The minimum absolute atomic E-state index is 0.175. The van der Waals surface area contributed by atoms with Gasteiger partial charge in [0.2, 0.25) is 11.8 Å². The number of hydrogen-bond donors (Lipinski definition) is 2. The van der Waals surface area contributed by atoms with Crippen LogP contribution in [0, 0.1) is 13.8 Å². The van der Waals surface area contributed by atoms with E-state index in [4.69, 9.17) is 0 Å². The Hall–Kier alpha value is -1.92. The van der Waals surface area contributed by atoms with Crippen LogP contribution in [0.5, 0.6) is 0 Å². The van der Waals surface area contributed by atoms with Gasteiger partial charge in [0.05, 0.1) is 6.10 Å². The Balaban J connectivity index is 1.70. The van der Waals surface area contributed by atoms with Crippen LogP contribution in [0.4, 0.5) is 0 Å².